The van der Waals surface area contributed by atoms with Crippen LogP contribution in [0.4, 0.5) is 9.59 Å². The number of cyclic esters (lactones) is 1. The SMILES string of the molecule is COc1c(C)c2c(c(O)c1C/C=C(\C)CCC(=O)OC(COC(=O)O)COC(=O)O)C(=O)OC2. The maximum atomic E-state index is 12.1. The van der Waals surface area contributed by atoms with Crippen LogP contribution >= 0.6 is 0 Å². The number of hydrogen-bond donors (Lipinski definition) is 3. The highest BCUT2D eigenvalue weighted by molar-refractivity contribution is 5.98. The Morgan fingerprint density at radius 3 is 2.29 bits per heavy atom. The van der Waals surface area contributed by atoms with Crippen LogP contribution in [0, 0.1) is 6.92 Å². The molecule has 0 amide bonds. The van der Waals surface area contributed by atoms with Crippen molar-refractivity contribution in [2.45, 2.75) is 45.8 Å². The van der Waals surface area contributed by atoms with Crippen LogP contribution in [0.2, 0.25) is 0 Å². The first kappa shape index (κ1) is 26.3. The summed E-state index contributed by atoms with van der Waals surface area (Å²) >= 11 is 0. The Kier molecular flexibility index (Phi) is 9.10. The van der Waals surface area contributed by atoms with Gasteiger partial charge in [0.1, 0.15) is 36.9 Å². The molecule has 0 unspecified atom stereocenters. The monoisotopic (exact) mass is 482 g/mol. The van der Waals surface area contributed by atoms with Crippen molar-refractivity contribution in [1.29, 1.82) is 0 Å². The molecule has 3 N–H and O–H groups in total. The number of methoxy groups -OCH3 is 1. The number of rotatable bonds is 11. The van der Waals surface area contributed by atoms with Crippen LogP contribution in [0.25, 0.3) is 0 Å². The largest absolute Gasteiger partial charge is 0.507 e. The van der Waals surface area contributed by atoms with Gasteiger partial charge in [-0.05, 0) is 32.3 Å². The normalized spacial score (nSPS) is 12.7. The molecule has 0 aliphatic carbocycles. The molecule has 0 fully saturated rings. The van der Waals surface area contributed by atoms with E-state index >= 15 is 0 Å². The van der Waals surface area contributed by atoms with Crippen molar-refractivity contribution in [2.75, 3.05) is 20.3 Å². The molecule has 12 heteroatoms. The Labute approximate surface area is 194 Å². The number of carbonyl (C=O) groups is 4. The second-order valence-electron chi connectivity index (χ2n) is 7.44. The molecule has 0 radical (unpaired) electrons. The van der Waals surface area contributed by atoms with E-state index in [1.165, 1.54) is 7.11 Å². The molecular weight excluding hydrogens is 456 g/mol. The summed E-state index contributed by atoms with van der Waals surface area (Å²) in [5.41, 5.74) is 2.58. The van der Waals surface area contributed by atoms with E-state index in [0.717, 1.165) is 5.57 Å². The lowest BCUT2D eigenvalue weighted by Gasteiger charge is -2.17. The second kappa shape index (κ2) is 11.8. The van der Waals surface area contributed by atoms with Crippen molar-refractivity contribution in [2.24, 2.45) is 0 Å². The van der Waals surface area contributed by atoms with Gasteiger partial charge in [-0.25, -0.2) is 14.4 Å². The summed E-state index contributed by atoms with van der Waals surface area (Å²) in [4.78, 5) is 45.2. The molecule has 1 aromatic carbocycles. The average molecular weight is 482 g/mol. The zero-order chi connectivity index (χ0) is 25.4. The molecule has 12 nitrogen and oxygen atoms in total. The summed E-state index contributed by atoms with van der Waals surface area (Å²) < 4.78 is 24.1. The highest BCUT2D eigenvalue weighted by Crippen LogP contribution is 2.42. The van der Waals surface area contributed by atoms with Crippen molar-refractivity contribution < 1.29 is 58.2 Å². The Bertz CT molecular complexity index is 976. The molecule has 0 spiro atoms. The fraction of sp³-hybridized carbons (Fsp3) is 0.455. The second-order valence-corrected chi connectivity index (χ2v) is 7.44. The van der Waals surface area contributed by atoms with Crippen molar-refractivity contribution >= 4 is 24.2 Å². The average Bonchev–Trinajstić information content (AvgIpc) is 3.17. The van der Waals surface area contributed by atoms with E-state index in [4.69, 9.17) is 24.4 Å². The van der Waals surface area contributed by atoms with Gasteiger partial charge in [-0.15, -0.1) is 0 Å². The number of allylic oxidation sites excluding steroid dienone is 2. The Morgan fingerprint density at radius 2 is 1.74 bits per heavy atom. The fourth-order valence-electron chi connectivity index (χ4n) is 3.40. The molecule has 34 heavy (non-hydrogen) atoms. The topological polar surface area (TPSA) is 175 Å². The van der Waals surface area contributed by atoms with Crippen LogP contribution in [0.5, 0.6) is 11.5 Å². The molecular formula is C22H26O12. The molecule has 0 saturated carbocycles. The third kappa shape index (κ3) is 6.77. The number of carbonyl (C=O) groups excluding carboxylic acids is 2. The highest BCUT2D eigenvalue weighted by Gasteiger charge is 2.31. The molecule has 1 aliphatic rings. The molecule has 0 bridgehead atoms. The molecule has 1 aliphatic heterocycles. The number of aromatic hydroxyl groups is 1. The zero-order valence-electron chi connectivity index (χ0n) is 18.9. The summed E-state index contributed by atoms with van der Waals surface area (Å²) in [6, 6.07) is 0. The van der Waals surface area contributed by atoms with E-state index in [-0.39, 0.29) is 37.2 Å². The number of fused-ring (bicyclic) bond motifs is 1. The van der Waals surface area contributed by atoms with E-state index in [0.29, 0.717) is 22.4 Å². The number of esters is 2. The zero-order valence-corrected chi connectivity index (χ0v) is 18.9. The van der Waals surface area contributed by atoms with E-state index < -0.39 is 43.6 Å². The minimum absolute atomic E-state index is 0.0666. The summed E-state index contributed by atoms with van der Waals surface area (Å²) in [6.07, 6.45) is -2.28. The minimum Gasteiger partial charge on any atom is -0.507 e. The van der Waals surface area contributed by atoms with E-state index in [1.807, 2.05) is 0 Å². The van der Waals surface area contributed by atoms with Gasteiger partial charge in [-0.1, -0.05) is 11.6 Å². The lowest BCUT2D eigenvalue weighted by atomic mass is 9.94. The molecule has 0 aromatic heterocycles. The fourth-order valence-corrected chi connectivity index (χ4v) is 3.40. The van der Waals surface area contributed by atoms with Crippen LogP contribution in [0.15, 0.2) is 11.6 Å². The van der Waals surface area contributed by atoms with Crippen molar-refractivity contribution in [3.63, 3.8) is 0 Å². The number of carboxylic acid groups (broad SMARTS) is 2. The van der Waals surface area contributed by atoms with Crippen LogP contribution in [-0.2, 0) is 36.8 Å². The van der Waals surface area contributed by atoms with Gasteiger partial charge in [0.25, 0.3) is 0 Å². The number of hydrogen-bond acceptors (Lipinski definition) is 10. The Morgan fingerprint density at radius 1 is 1.12 bits per heavy atom. The third-order valence-electron chi connectivity index (χ3n) is 5.11. The predicted octanol–water partition coefficient (Wildman–Crippen LogP) is 2.95. The van der Waals surface area contributed by atoms with Gasteiger partial charge in [0.05, 0.1) is 7.11 Å². The molecule has 1 aromatic rings. The lowest BCUT2D eigenvalue weighted by molar-refractivity contribution is -0.154. The molecule has 2 rings (SSSR count). The highest BCUT2D eigenvalue weighted by atomic mass is 16.7. The molecule has 0 saturated heterocycles. The minimum atomic E-state index is -1.61. The number of phenols is 1. The van der Waals surface area contributed by atoms with Gasteiger partial charge in [-0.3, -0.25) is 4.79 Å². The number of benzene rings is 1. The van der Waals surface area contributed by atoms with Crippen molar-refractivity contribution in [3.05, 3.63) is 33.9 Å². The van der Waals surface area contributed by atoms with Crippen molar-refractivity contribution in [3.8, 4) is 11.5 Å². The maximum Gasteiger partial charge on any atom is 0.505 e. The maximum absolute atomic E-state index is 12.1. The third-order valence-corrected chi connectivity index (χ3v) is 5.11. The standard InChI is InChI=1S/C22H26O12/c1-11(5-7-16(23)34-13(8-32-21(26)27)9-33-22(28)29)4-6-14-18(24)17-15(10-31-20(17)25)12(2)19(14)30-3/h4,13,24H,5-10H2,1-3H3,(H,26,27)(H,28,29)/b11-4+. The molecule has 0 atom stereocenters. The van der Waals surface area contributed by atoms with Gasteiger partial charge >= 0.3 is 24.2 Å². The van der Waals surface area contributed by atoms with Crippen LogP contribution in [-0.4, -0.2) is 66.0 Å². The van der Waals surface area contributed by atoms with Gasteiger partial charge in [0.15, 0.2) is 6.10 Å². The van der Waals surface area contributed by atoms with Crippen LogP contribution in [0.3, 0.4) is 0 Å². The summed E-state index contributed by atoms with van der Waals surface area (Å²) in [5.74, 6) is -1.07. The smallest absolute Gasteiger partial charge is 0.505 e. The first-order valence-corrected chi connectivity index (χ1v) is 10.2. The number of ether oxygens (including phenoxy) is 5. The number of phenolic OH excluding ortho intramolecular Hbond substituents is 1. The van der Waals surface area contributed by atoms with Gasteiger partial charge in [-0.2, -0.15) is 0 Å². The molecule has 186 valence electrons. The van der Waals surface area contributed by atoms with Gasteiger partial charge in [0.2, 0.25) is 0 Å². The van der Waals surface area contributed by atoms with Crippen molar-refractivity contribution in [1.82, 2.24) is 0 Å². The summed E-state index contributed by atoms with van der Waals surface area (Å²) in [5, 5.41) is 27.8. The van der Waals surface area contributed by atoms with E-state index in [1.54, 1.807) is 19.9 Å². The van der Waals surface area contributed by atoms with Crippen LogP contribution < -0.4 is 4.74 Å². The van der Waals surface area contributed by atoms with E-state index in [2.05, 4.69) is 9.47 Å². The van der Waals surface area contributed by atoms with Gasteiger partial charge in [0, 0.05) is 17.5 Å². The quantitative estimate of drug-likeness (QED) is 0.239. The molecule has 1 heterocycles. The summed E-state index contributed by atoms with van der Waals surface area (Å²) in [7, 11) is 1.46. The van der Waals surface area contributed by atoms with Gasteiger partial charge < -0.3 is 39.0 Å². The lowest BCUT2D eigenvalue weighted by Crippen LogP contribution is -2.30. The van der Waals surface area contributed by atoms with Crippen LogP contribution in [0.1, 0.15) is 46.8 Å². The predicted molar refractivity (Wildman–Crippen MR) is 113 cm³/mol. The van der Waals surface area contributed by atoms with E-state index in [9.17, 15) is 24.3 Å². The Hall–Kier alpha value is -3.96. The first-order chi connectivity index (χ1) is 16.0. The first-order valence-electron chi connectivity index (χ1n) is 10.2. The summed E-state index contributed by atoms with van der Waals surface area (Å²) in [6.45, 7) is 2.43. The Balaban J connectivity index is 2.01.